The minimum Gasteiger partial charge on any atom is -0.296 e. The van der Waals surface area contributed by atoms with Crippen LogP contribution in [0.25, 0.3) is 0 Å². The van der Waals surface area contributed by atoms with Crippen LogP contribution >= 0.6 is 22.9 Å². The van der Waals surface area contributed by atoms with Crippen LogP contribution in [-0.2, 0) is 6.54 Å². The van der Waals surface area contributed by atoms with Crippen molar-refractivity contribution in [2.75, 3.05) is 13.1 Å². The standard InChI is InChI=1S/C6H8ClN3S/c7-6-9-8-5(11-6)4-10-2-1-3-10/h1-4H2. The minimum absolute atomic E-state index is 0.542. The lowest BCUT2D eigenvalue weighted by Crippen LogP contribution is -2.36. The maximum absolute atomic E-state index is 5.63. The highest BCUT2D eigenvalue weighted by Gasteiger charge is 2.15. The zero-order valence-corrected chi connectivity index (χ0v) is 7.53. The summed E-state index contributed by atoms with van der Waals surface area (Å²) in [5.41, 5.74) is 0. The van der Waals surface area contributed by atoms with Gasteiger partial charge in [-0.1, -0.05) is 11.3 Å². The van der Waals surface area contributed by atoms with Crippen molar-refractivity contribution < 1.29 is 0 Å². The summed E-state index contributed by atoms with van der Waals surface area (Å²) in [5.74, 6) is 0. The summed E-state index contributed by atoms with van der Waals surface area (Å²) >= 11 is 7.10. The molecule has 0 spiro atoms. The van der Waals surface area contributed by atoms with Crippen molar-refractivity contribution in [3.63, 3.8) is 0 Å². The Bertz CT molecular complexity index is 246. The van der Waals surface area contributed by atoms with E-state index in [1.54, 1.807) is 0 Å². The van der Waals surface area contributed by atoms with Crippen LogP contribution in [0.5, 0.6) is 0 Å². The lowest BCUT2D eigenvalue weighted by Gasteiger charge is -2.29. The molecule has 0 bridgehead atoms. The second-order valence-electron chi connectivity index (χ2n) is 2.58. The highest BCUT2D eigenvalue weighted by Crippen LogP contribution is 2.18. The van der Waals surface area contributed by atoms with Crippen LogP contribution in [0.15, 0.2) is 0 Å². The van der Waals surface area contributed by atoms with Gasteiger partial charge in [0.2, 0.25) is 4.47 Å². The molecule has 0 atom stereocenters. The first-order valence-electron chi connectivity index (χ1n) is 3.55. The van der Waals surface area contributed by atoms with Gasteiger partial charge in [0, 0.05) is 0 Å². The van der Waals surface area contributed by atoms with E-state index >= 15 is 0 Å². The number of likely N-dealkylation sites (tertiary alicyclic amines) is 1. The molecule has 1 saturated heterocycles. The van der Waals surface area contributed by atoms with E-state index in [1.807, 2.05) is 0 Å². The third-order valence-corrected chi connectivity index (χ3v) is 2.75. The summed E-state index contributed by atoms with van der Waals surface area (Å²) in [7, 11) is 0. The van der Waals surface area contributed by atoms with Crippen LogP contribution in [0, 0.1) is 0 Å². The predicted molar refractivity (Wildman–Crippen MR) is 44.8 cm³/mol. The zero-order valence-electron chi connectivity index (χ0n) is 5.96. The number of hydrogen-bond donors (Lipinski definition) is 0. The van der Waals surface area contributed by atoms with Crippen molar-refractivity contribution in [3.8, 4) is 0 Å². The topological polar surface area (TPSA) is 29.0 Å². The quantitative estimate of drug-likeness (QED) is 0.705. The van der Waals surface area contributed by atoms with Gasteiger partial charge in [-0.05, 0) is 31.1 Å². The third kappa shape index (κ3) is 1.69. The molecule has 0 N–H and O–H groups in total. The van der Waals surface area contributed by atoms with Crippen molar-refractivity contribution in [2.24, 2.45) is 0 Å². The Morgan fingerprint density at radius 3 is 2.73 bits per heavy atom. The van der Waals surface area contributed by atoms with Crippen molar-refractivity contribution in [2.45, 2.75) is 13.0 Å². The minimum atomic E-state index is 0.542. The van der Waals surface area contributed by atoms with Gasteiger partial charge in [-0.2, -0.15) is 0 Å². The molecule has 0 saturated carbocycles. The Kier molecular flexibility index (Phi) is 2.07. The first-order chi connectivity index (χ1) is 5.34. The summed E-state index contributed by atoms with van der Waals surface area (Å²) in [6.07, 6.45) is 1.31. The first-order valence-corrected chi connectivity index (χ1v) is 4.74. The average Bonchev–Trinajstić information content (AvgIpc) is 2.27. The average molecular weight is 190 g/mol. The van der Waals surface area contributed by atoms with Crippen LogP contribution in [0.2, 0.25) is 4.47 Å². The molecule has 11 heavy (non-hydrogen) atoms. The molecular formula is C6H8ClN3S. The van der Waals surface area contributed by atoms with Gasteiger partial charge >= 0.3 is 0 Å². The van der Waals surface area contributed by atoms with Crippen LogP contribution in [0.3, 0.4) is 0 Å². The molecule has 60 valence electrons. The van der Waals surface area contributed by atoms with Crippen molar-refractivity contribution >= 4 is 22.9 Å². The Labute approximate surface area is 74.0 Å². The molecule has 0 radical (unpaired) electrons. The molecule has 2 rings (SSSR count). The molecule has 0 aliphatic carbocycles. The number of halogens is 1. The summed E-state index contributed by atoms with van der Waals surface area (Å²) in [6, 6.07) is 0. The molecule has 0 aromatic carbocycles. The second-order valence-corrected chi connectivity index (χ2v) is 4.22. The van der Waals surface area contributed by atoms with Gasteiger partial charge in [-0.3, -0.25) is 4.90 Å². The summed E-state index contributed by atoms with van der Waals surface area (Å²) in [4.78, 5) is 2.33. The van der Waals surface area contributed by atoms with E-state index in [9.17, 15) is 0 Å². The van der Waals surface area contributed by atoms with Crippen molar-refractivity contribution in [1.29, 1.82) is 0 Å². The van der Waals surface area contributed by atoms with E-state index in [4.69, 9.17) is 11.6 Å². The molecular weight excluding hydrogens is 182 g/mol. The fraction of sp³-hybridized carbons (Fsp3) is 0.667. The predicted octanol–water partition coefficient (Wildman–Crippen LogP) is 1.40. The summed E-state index contributed by atoms with van der Waals surface area (Å²) in [6.45, 7) is 3.30. The van der Waals surface area contributed by atoms with Gasteiger partial charge in [0.1, 0.15) is 5.01 Å². The van der Waals surface area contributed by atoms with E-state index in [-0.39, 0.29) is 0 Å². The lowest BCUT2D eigenvalue weighted by atomic mass is 10.2. The smallest absolute Gasteiger partial charge is 0.207 e. The SMILES string of the molecule is Clc1nnc(CN2CCC2)s1. The molecule has 1 aromatic heterocycles. The Balaban J connectivity index is 1.95. The second kappa shape index (κ2) is 3.05. The van der Waals surface area contributed by atoms with Gasteiger partial charge in [0.25, 0.3) is 0 Å². The first kappa shape index (κ1) is 7.46. The molecule has 5 heteroatoms. The molecule has 3 nitrogen and oxygen atoms in total. The summed E-state index contributed by atoms with van der Waals surface area (Å²) in [5, 5.41) is 8.69. The van der Waals surface area contributed by atoms with Crippen molar-refractivity contribution in [3.05, 3.63) is 9.47 Å². The third-order valence-electron chi connectivity index (χ3n) is 1.75. The van der Waals surface area contributed by atoms with Gasteiger partial charge in [0.05, 0.1) is 6.54 Å². The molecule has 2 heterocycles. The number of hydrogen-bond acceptors (Lipinski definition) is 4. The van der Waals surface area contributed by atoms with E-state index in [0.717, 1.165) is 11.6 Å². The Morgan fingerprint density at radius 2 is 2.27 bits per heavy atom. The fourth-order valence-corrected chi connectivity index (χ4v) is 1.94. The van der Waals surface area contributed by atoms with E-state index in [0.29, 0.717) is 4.47 Å². The van der Waals surface area contributed by atoms with Crippen LogP contribution in [0.4, 0.5) is 0 Å². The summed E-state index contributed by atoms with van der Waals surface area (Å²) < 4.78 is 0.542. The highest BCUT2D eigenvalue weighted by atomic mass is 35.5. The van der Waals surface area contributed by atoms with Crippen LogP contribution < -0.4 is 0 Å². The van der Waals surface area contributed by atoms with Crippen molar-refractivity contribution in [1.82, 2.24) is 15.1 Å². The Hall–Kier alpha value is -0.190. The van der Waals surface area contributed by atoms with E-state index < -0.39 is 0 Å². The lowest BCUT2D eigenvalue weighted by molar-refractivity contribution is 0.172. The van der Waals surface area contributed by atoms with E-state index in [1.165, 1.54) is 30.8 Å². The van der Waals surface area contributed by atoms with Crippen LogP contribution in [-0.4, -0.2) is 28.2 Å². The monoisotopic (exact) mass is 189 g/mol. The van der Waals surface area contributed by atoms with Gasteiger partial charge in [-0.15, -0.1) is 10.2 Å². The molecule has 1 aliphatic rings. The molecule has 1 fully saturated rings. The molecule has 0 amide bonds. The Morgan fingerprint density at radius 1 is 1.45 bits per heavy atom. The molecule has 1 aliphatic heterocycles. The van der Waals surface area contributed by atoms with Crippen LogP contribution in [0.1, 0.15) is 11.4 Å². The fourth-order valence-electron chi connectivity index (χ4n) is 1.03. The van der Waals surface area contributed by atoms with Gasteiger partial charge in [0.15, 0.2) is 0 Å². The largest absolute Gasteiger partial charge is 0.296 e. The zero-order chi connectivity index (χ0) is 7.68. The maximum Gasteiger partial charge on any atom is 0.207 e. The van der Waals surface area contributed by atoms with Gasteiger partial charge in [-0.25, -0.2) is 0 Å². The van der Waals surface area contributed by atoms with Gasteiger partial charge < -0.3 is 0 Å². The normalized spacial score (nSPS) is 18.3. The molecule has 1 aromatic rings. The number of rotatable bonds is 2. The highest BCUT2D eigenvalue weighted by molar-refractivity contribution is 7.15. The maximum atomic E-state index is 5.63. The number of aromatic nitrogens is 2. The van der Waals surface area contributed by atoms with E-state index in [2.05, 4.69) is 15.1 Å². The number of nitrogens with zero attached hydrogens (tertiary/aromatic N) is 3. The molecule has 0 unspecified atom stereocenters.